The van der Waals surface area contributed by atoms with E-state index in [0.29, 0.717) is 4.90 Å². The van der Waals surface area contributed by atoms with Crippen LogP contribution in [-0.2, 0) is 15.9 Å². The quantitative estimate of drug-likeness (QED) is 0.849. The number of halogens is 1. The number of alkyl halides is 1. The van der Waals surface area contributed by atoms with Gasteiger partial charge in [-0.05, 0) is 30.7 Å². The molecule has 84 valence electrons. The summed E-state index contributed by atoms with van der Waals surface area (Å²) in [6.07, 6.45) is 1.89. The Morgan fingerprint density at radius 3 is 2.80 bits per heavy atom. The second kappa shape index (κ2) is 4.05. The van der Waals surface area contributed by atoms with Crippen LogP contribution in [-0.4, -0.2) is 14.5 Å². The monoisotopic (exact) mass is 265 g/mol. The Morgan fingerprint density at radius 1 is 1.60 bits per heavy atom. The summed E-state index contributed by atoms with van der Waals surface area (Å²) in [6.45, 7) is 1.80. The molecule has 0 spiro atoms. The summed E-state index contributed by atoms with van der Waals surface area (Å²) in [4.78, 5) is 1.11. The van der Waals surface area contributed by atoms with Crippen LogP contribution in [0.4, 0.5) is 0 Å². The topological polar surface area (TPSA) is 46.2 Å². The predicted octanol–water partition coefficient (Wildman–Crippen LogP) is 2.24. The van der Waals surface area contributed by atoms with E-state index in [-0.39, 0.29) is 11.9 Å². The first kappa shape index (κ1) is 11.4. The van der Waals surface area contributed by atoms with Crippen LogP contribution in [0.5, 0.6) is 0 Å². The Morgan fingerprint density at radius 2 is 2.27 bits per heavy atom. The van der Waals surface area contributed by atoms with Crippen LogP contribution in [0.3, 0.4) is 0 Å². The maximum absolute atomic E-state index is 12.0. The van der Waals surface area contributed by atoms with Gasteiger partial charge in [0.25, 0.3) is 0 Å². The van der Waals surface area contributed by atoms with E-state index < -0.39 is 10.0 Å². The van der Waals surface area contributed by atoms with Crippen molar-refractivity contribution in [3.8, 4) is 0 Å². The number of sulfonamides is 1. The third kappa shape index (κ3) is 2.36. The van der Waals surface area contributed by atoms with Crippen molar-refractivity contribution in [3.63, 3.8) is 0 Å². The summed E-state index contributed by atoms with van der Waals surface area (Å²) >= 11 is 7.12. The van der Waals surface area contributed by atoms with Gasteiger partial charge in [0.15, 0.2) is 0 Å². The van der Waals surface area contributed by atoms with Gasteiger partial charge in [-0.2, -0.15) is 0 Å². The molecule has 0 unspecified atom stereocenters. The first-order valence-electron chi connectivity index (χ1n) is 4.70. The highest BCUT2D eigenvalue weighted by Gasteiger charge is 2.30. The maximum Gasteiger partial charge on any atom is 0.242 e. The van der Waals surface area contributed by atoms with Gasteiger partial charge in [0, 0.05) is 10.9 Å². The van der Waals surface area contributed by atoms with Crippen molar-refractivity contribution in [2.45, 2.75) is 36.6 Å². The van der Waals surface area contributed by atoms with Crippen molar-refractivity contribution in [2.24, 2.45) is 0 Å². The molecule has 0 saturated heterocycles. The molecule has 0 aliphatic heterocycles. The number of rotatable bonds is 4. The molecule has 2 rings (SSSR count). The zero-order valence-electron chi connectivity index (χ0n) is 8.29. The Kier molecular flexibility index (Phi) is 3.07. The second-order valence-corrected chi connectivity index (χ2v) is 6.58. The molecular weight excluding hydrogens is 254 g/mol. The first-order chi connectivity index (χ1) is 7.04. The van der Waals surface area contributed by atoms with Gasteiger partial charge in [0.2, 0.25) is 10.0 Å². The largest absolute Gasteiger partial charge is 0.242 e. The molecule has 1 aromatic rings. The molecule has 6 heteroatoms. The SMILES string of the molecule is Cc1csc(CCl)c1S(=O)(=O)NC1CC1. The average molecular weight is 266 g/mol. The van der Waals surface area contributed by atoms with Gasteiger partial charge >= 0.3 is 0 Å². The summed E-state index contributed by atoms with van der Waals surface area (Å²) in [5.74, 6) is 0.249. The molecule has 1 saturated carbocycles. The number of nitrogens with one attached hydrogen (secondary N) is 1. The lowest BCUT2D eigenvalue weighted by molar-refractivity contribution is 0.580. The summed E-state index contributed by atoms with van der Waals surface area (Å²) in [6, 6.07) is 0.137. The van der Waals surface area contributed by atoms with E-state index in [0.717, 1.165) is 23.3 Å². The summed E-state index contributed by atoms with van der Waals surface area (Å²) < 4.78 is 26.6. The van der Waals surface area contributed by atoms with E-state index in [1.165, 1.54) is 11.3 Å². The zero-order chi connectivity index (χ0) is 11.1. The zero-order valence-corrected chi connectivity index (χ0v) is 10.7. The first-order valence-corrected chi connectivity index (χ1v) is 7.59. The van der Waals surface area contributed by atoms with Crippen molar-refractivity contribution in [1.29, 1.82) is 0 Å². The standard InChI is InChI=1S/C9H12ClNO2S2/c1-6-5-14-8(4-10)9(6)15(12,13)11-7-2-3-7/h5,7,11H,2-4H2,1H3. The fourth-order valence-corrected chi connectivity index (χ4v) is 4.78. The fraction of sp³-hybridized carbons (Fsp3) is 0.556. The number of hydrogen-bond acceptors (Lipinski definition) is 3. The number of thiophene rings is 1. The summed E-state index contributed by atoms with van der Waals surface area (Å²) in [5.41, 5.74) is 0.781. The van der Waals surface area contributed by atoms with Crippen molar-refractivity contribution < 1.29 is 8.42 Å². The molecule has 3 nitrogen and oxygen atoms in total. The number of aryl methyl sites for hydroxylation is 1. The van der Waals surface area contributed by atoms with Gasteiger partial charge in [0.1, 0.15) is 0 Å². The molecular formula is C9H12ClNO2S2. The van der Waals surface area contributed by atoms with E-state index in [2.05, 4.69) is 4.72 Å². The fourth-order valence-electron chi connectivity index (χ4n) is 1.42. The molecule has 1 aliphatic rings. The van der Waals surface area contributed by atoms with E-state index in [4.69, 9.17) is 11.6 Å². The maximum atomic E-state index is 12.0. The van der Waals surface area contributed by atoms with Gasteiger partial charge in [-0.15, -0.1) is 22.9 Å². The Bertz CT molecular complexity index is 462. The average Bonchev–Trinajstić information content (AvgIpc) is 2.85. The molecule has 0 atom stereocenters. The van der Waals surface area contributed by atoms with Crippen LogP contribution in [0.15, 0.2) is 10.3 Å². The summed E-state index contributed by atoms with van der Waals surface area (Å²) in [7, 11) is -3.35. The molecule has 0 aromatic carbocycles. The van der Waals surface area contributed by atoms with Gasteiger partial charge < -0.3 is 0 Å². The van der Waals surface area contributed by atoms with Crippen molar-refractivity contribution in [1.82, 2.24) is 4.72 Å². The van der Waals surface area contributed by atoms with Gasteiger partial charge in [0.05, 0.1) is 10.8 Å². The molecule has 1 fully saturated rings. The van der Waals surface area contributed by atoms with Gasteiger partial charge in [-0.3, -0.25) is 0 Å². The molecule has 0 radical (unpaired) electrons. The van der Waals surface area contributed by atoms with E-state index >= 15 is 0 Å². The number of hydrogen-bond donors (Lipinski definition) is 1. The minimum Gasteiger partial charge on any atom is -0.208 e. The van der Waals surface area contributed by atoms with Crippen molar-refractivity contribution >= 4 is 33.0 Å². The molecule has 0 amide bonds. The Balaban J connectivity index is 2.37. The van der Waals surface area contributed by atoms with Crippen LogP contribution in [0.25, 0.3) is 0 Å². The third-order valence-electron chi connectivity index (χ3n) is 2.28. The van der Waals surface area contributed by atoms with Crippen molar-refractivity contribution in [2.75, 3.05) is 0 Å². The molecule has 0 bridgehead atoms. The molecule has 1 heterocycles. The predicted molar refractivity (Wildman–Crippen MR) is 62.0 cm³/mol. The van der Waals surface area contributed by atoms with Gasteiger partial charge in [-0.1, -0.05) is 0 Å². The lowest BCUT2D eigenvalue weighted by Crippen LogP contribution is -2.26. The highest BCUT2D eigenvalue weighted by atomic mass is 35.5. The minimum absolute atomic E-state index is 0.137. The van der Waals surface area contributed by atoms with E-state index in [1.54, 1.807) is 6.92 Å². The molecule has 1 aliphatic carbocycles. The van der Waals surface area contributed by atoms with Crippen LogP contribution in [0, 0.1) is 6.92 Å². The van der Waals surface area contributed by atoms with Crippen molar-refractivity contribution in [3.05, 3.63) is 15.8 Å². The second-order valence-electron chi connectivity index (χ2n) is 3.70. The lowest BCUT2D eigenvalue weighted by atomic mass is 10.3. The molecule has 1 aromatic heterocycles. The highest BCUT2D eigenvalue weighted by Crippen LogP contribution is 2.30. The van der Waals surface area contributed by atoms with Gasteiger partial charge in [-0.25, -0.2) is 13.1 Å². The van der Waals surface area contributed by atoms with Crippen LogP contribution >= 0.6 is 22.9 Å². The van der Waals surface area contributed by atoms with E-state index in [9.17, 15) is 8.42 Å². The van der Waals surface area contributed by atoms with Crippen LogP contribution in [0.2, 0.25) is 0 Å². The Labute approximate surface area is 98.5 Å². The van der Waals surface area contributed by atoms with Crippen LogP contribution < -0.4 is 4.72 Å². The molecule has 15 heavy (non-hydrogen) atoms. The smallest absolute Gasteiger partial charge is 0.208 e. The lowest BCUT2D eigenvalue weighted by Gasteiger charge is -2.06. The minimum atomic E-state index is -3.35. The Hall–Kier alpha value is -0.100. The normalized spacial score (nSPS) is 16.9. The molecule has 1 N–H and O–H groups in total. The summed E-state index contributed by atoms with van der Waals surface area (Å²) in [5, 5.41) is 1.83. The third-order valence-corrected chi connectivity index (χ3v) is 5.69. The van der Waals surface area contributed by atoms with Crippen LogP contribution in [0.1, 0.15) is 23.3 Å². The highest BCUT2D eigenvalue weighted by molar-refractivity contribution is 7.89. The van der Waals surface area contributed by atoms with E-state index in [1.807, 2.05) is 5.38 Å².